The summed E-state index contributed by atoms with van der Waals surface area (Å²) < 4.78 is 5.59. The van der Waals surface area contributed by atoms with Crippen molar-refractivity contribution in [3.63, 3.8) is 0 Å². The van der Waals surface area contributed by atoms with E-state index in [1.165, 1.54) is 23.9 Å². The molecule has 0 aliphatic rings. The smallest absolute Gasteiger partial charge is 0.0739 e. The molecule has 1 nitrogen and oxygen atoms in total. The maximum absolute atomic E-state index is 5.59. The Balaban J connectivity index is 3.50. The molecule has 0 aromatic heterocycles. The zero-order valence-electron chi connectivity index (χ0n) is 11.0. The van der Waals surface area contributed by atoms with Crippen LogP contribution in [0.4, 0.5) is 0 Å². The second kappa shape index (κ2) is 9.92. The second-order valence-corrected chi connectivity index (χ2v) is 4.90. The van der Waals surface area contributed by atoms with Crippen LogP contribution in [-0.2, 0) is 4.74 Å². The van der Waals surface area contributed by atoms with Crippen molar-refractivity contribution < 1.29 is 4.74 Å². The topological polar surface area (TPSA) is 9.23 Å². The second-order valence-electron chi connectivity index (χ2n) is 4.65. The molecule has 0 saturated heterocycles. The van der Waals surface area contributed by atoms with Gasteiger partial charge in [0, 0.05) is 12.1 Å². The lowest BCUT2D eigenvalue weighted by Gasteiger charge is -2.12. The minimum Gasteiger partial charge on any atom is -0.374 e. The average Bonchev–Trinajstić information content (AvgIpc) is 2.17. The Kier molecular flexibility index (Phi) is 9.75. The van der Waals surface area contributed by atoms with Crippen molar-refractivity contribution in [2.45, 2.75) is 53.1 Å². The number of hydrogen-bond donors (Lipinski definition) is 0. The highest BCUT2D eigenvalue weighted by Gasteiger charge is 2.02. The third kappa shape index (κ3) is 10.3. The minimum absolute atomic E-state index is 0.127. The summed E-state index contributed by atoms with van der Waals surface area (Å²) in [5.41, 5.74) is 2.92. The molecule has 2 atom stereocenters. The summed E-state index contributed by atoms with van der Waals surface area (Å²) in [5, 5.41) is 0. The first-order valence-corrected chi connectivity index (χ1v) is 6.51. The summed E-state index contributed by atoms with van der Waals surface area (Å²) in [4.78, 5) is 0. The van der Waals surface area contributed by atoms with Crippen LogP contribution in [0.25, 0.3) is 0 Å². The predicted molar refractivity (Wildman–Crippen MR) is 72.9 cm³/mol. The SMILES string of the molecule is CC(C)=CCCC(C)CCO[C@H](C)/C=C\Cl. The van der Waals surface area contributed by atoms with Crippen molar-refractivity contribution in [1.29, 1.82) is 0 Å². The number of ether oxygens (including phenoxy) is 1. The fourth-order valence-electron chi connectivity index (χ4n) is 1.41. The molecule has 94 valence electrons. The third-order valence-corrected chi connectivity index (χ3v) is 2.69. The molecular formula is C14H25ClO. The molecule has 0 rings (SSSR count). The van der Waals surface area contributed by atoms with Gasteiger partial charge in [-0.2, -0.15) is 0 Å². The van der Waals surface area contributed by atoms with E-state index in [-0.39, 0.29) is 6.10 Å². The summed E-state index contributed by atoms with van der Waals surface area (Å²) in [6, 6.07) is 0. The molecule has 0 aliphatic heterocycles. The van der Waals surface area contributed by atoms with Crippen LogP contribution in [0.2, 0.25) is 0 Å². The molecule has 1 unspecified atom stereocenters. The van der Waals surface area contributed by atoms with E-state index in [1.807, 2.05) is 13.0 Å². The lowest BCUT2D eigenvalue weighted by molar-refractivity contribution is 0.0866. The van der Waals surface area contributed by atoms with Gasteiger partial charge in [0.2, 0.25) is 0 Å². The van der Waals surface area contributed by atoms with Crippen molar-refractivity contribution in [3.8, 4) is 0 Å². The van der Waals surface area contributed by atoms with Gasteiger partial charge in [0.15, 0.2) is 0 Å². The Hall–Kier alpha value is -0.270. The quantitative estimate of drug-likeness (QED) is 0.551. The summed E-state index contributed by atoms with van der Waals surface area (Å²) in [6.07, 6.45) is 7.83. The Morgan fingerprint density at radius 1 is 1.25 bits per heavy atom. The van der Waals surface area contributed by atoms with Gasteiger partial charge in [-0.05, 0) is 52.0 Å². The van der Waals surface area contributed by atoms with Crippen LogP contribution in [-0.4, -0.2) is 12.7 Å². The van der Waals surface area contributed by atoms with Crippen LogP contribution < -0.4 is 0 Å². The maximum atomic E-state index is 5.59. The van der Waals surface area contributed by atoms with E-state index in [2.05, 4.69) is 26.8 Å². The highest BCUT2D eigenvalue weighted by molar-refractivity contribution is 6.25. The van der Waals surface area contributed by atoms with Crippen molar-refractivity contribution in [2.24, 2.45) is 5.92 Å². The highest BCUT2D eigenvalue weighted by Crippen LogP contribution is 2.12. The van der Waals surface area contributed by atoms with Crippen LogP contribution in [0.3, 0.4) is 0 Å². The average molecular weight is 245 g/mol. The Morgan fingerprint density at radius 2 is 1.94 bits per heavy atom. The van der Waals surface area contributed by atoms with E-state index < -0.39 is 0 Å². The lowest BCUT2D eigenvalue weighted by atomic mass is 10.0. The van der Waals surface area contributed by atoms with Gasteiger partial charge in [0.1, 0.15) is 0 Å². The monoisotopic (exact) mass is 244 g/mol. The molecule has 0 aromatic rings. The van der Waals surface area contributed by atoms with Gasteiger partial charge in [-0.25, -0.2) is 0 Å². The van der Waals surface area contributed by atoms with Gasteiger partial charge in [-0.3, -0.25) is 0 Å². The molecule has 0 aromatic carbocycles. The van der Waals surface area contributed by atoms with Gasteiger partial charge in [0.25, 0.3) is 0 Å². The fraction of sp³-hybridized carbons (Fsp3) is 0.714. The summed E-state index contributed by atoms with van der Waals surface area (Å²) >= 11 is 5.47. The van der Waals surface area contributed by atoms with E-state index in [1.54, 1.807) is 0 Å². The first-order valence-electron chi connectivity index (χ1n) is 6.08. The first kappa shape index (κ1) is 15.7. The Morgan fingerprint density at radius 3 is 2.50 bits per heavy atom. The molecule has 0 amide bonds. The van der Waals surface area contributed by atoms with Crippen LogP contribution in [0.15, 0.2) is 23.3 Å². The largest absolute Gasteiger partial charge is 0.374 e. The van der Waals surface area contributed by atoms with Crippen LogP contribution in [0.5, 0.6) is 0 Å². The molecule has 0 N–H and O–H groups in total. The highest BCUT2D eigenvalue weighted by atomic mass is 35.5. The zero-order chi connectivity index (χ0) is 12.4. The van der Waals surface area contributed by atoms with Gasteiger partial charge < -0.3 is 4.74 Å². The van der Waals surface area contributed by atoms with Gasteiger partial charge in [-0.15, -0.1) is 0 Å². The normalized spacial score (nSPS) is 15.1. The van der Waals surface area contributed by atoms with Crippen molar-refractivity contribution in [2.75, 3.05) is 6.61 Å². The minimum atomic E-state index is 0.127. The van der Waals surface area contributed by atoms with Crippen molar-refractivity contribution >= 4 is 11.6 Å². The van der Waals surface area contributed by atoms with Crippen LogP contribution in [0, 0.1) is 5.92 Å². The molecule has 0 spiro atoms. The van der Waals surface area contributed by atoms with Crippen LogP contribution >= 0.6 is 11.6 Å². The molecule has 0 fully saturated rings. The van der Waals surface area contributed by atoms with Crippen LogP contribution in [0.1, 0.15) is 47.0 Å². The number of allylic oxidation sites excluding steroid dienone is 2. The molecule has 0 radical (unpaired) electrons. The Labute approximate surface area is 106 Å². The van der Waals surface area contributed by atoms with E-state index in [9.17, 15) is 0 Å². The predicted octanol–water partition coefficient (Wildman–Crippen LogP) is 4.92. The van der Waals surface area contributed by atoms with Gasteiger partial charge in [0.05, 0.1) is 6.10 Å². The molecule has 16 heavy (non-hydrogen) atoms. The molecule has 0 bridgehead atoms. The number of halogens is 1. The van der Waals surface area contributed by atoms with Crippen molar-refractivity contribution in [1.82, 2.24) is 0 Å². The number of rotatable bonds is 8. The molecule has 2 heteroatoms. The van der Waals surface area contributed by atoms with Gasteiger partial charge >= 0.3 is 0 Å². The standard InChI is InChI=1S/C14H25ClO/c1-12(2)6-5-7-13(3)9-11-16-14(4)8-10-15/h6,8,10,13-14H,5,7,9,11H2,1-4H3/b10-8-/t13?,14-/m1/s1. The third-order valence-electron chi connectivity index (χ3n) is 2.55. The summed E-state index contributed by atoms with van der Waals surface area (Å²) in [5.74, 6) is 0.725. The number of hydrogen-bond acceptors (Lipinski definition) is 1. The van der Waals surface area contributed by atoms with E-state index in [0.717, 1.165) is 18.9 Å². The summed E-state index contributed by atoms with van der Waals surface area (Å²) in [7, 11) is 0. The molecule has 0 saturated carbocycles. The zero-order valence-corrected chi connectivity index (χ0v) is 11.8. The van der Waals surface area contributed by atoms with E-state index >= 15 is 0 Å². The van der Waals surface area contributed by atoms with E-state index in [0.29, 0.717) is 0 Å². The first-order chi connectivity index (χ1) is 7.56. The Bertz CT molecular complexity index is 217. The molecular weight excluding hydrogens is 220 g/mol. The summed E-state index contributed by atoms with van der Waals surface area (Å²) in [6.45, 7) is 9.40. The molecule has 0 heterocycles. The van der Waals surface area contributed by atoms with Gasteiger partial charge in [-0.1, -0.05) is 30.2 Å². The van der Waals surface area contributed by atoms with E-state index in [4.69, 9.17) is 16.3 Å². The molecule has 0 aliphatic carbocycles. The maximum Gasteiger partial charge on any atom is 0.0739 e. The fourth-order valence-corrected chi connectivity index (χ4v) is 1.62. The lowest BCUT2D eigenvalue weighted by Crippen LogP contribution is -2.08. The van der Waals surface area contributed by atoms with Crippen molar-refractivity contribution in [3.05, 3.63) is 23.3 Å².